The lowest BCUT2D eigenvalue weighted by atomic mass is 10.7. The van der Waals surface area contributed by atoms with Crippen molar-refractivity contribution in [3.63, 3.8) is 0 Å². The second-order valence-electron chi connectivity index (χ2n) is 2.38. The summed E-state index contributed by atoms with van der Waals surface area (Å²) in [5, 5.41) is 4.81. The Labute approximate surface area is 81.4 Å². The zero-order valence-corrected chi connectivity index (χ0v) is 8.74. The quantitative estimate of drug-likeness (QED) is 0.516. The fraction of sp³-hybridized carbons (Fsp3) is 0.714. The van der Waals surface area contributed by atoms with Crippen LogP contribution in [-0.4, -0.2) is 41.0 Å². The number of nitrogens with zero attached hydrogens (tertiary/aromatic N) is 3. The van der Waals surface area contributed by atoms with Crippen LogP contribution < -0.4 is 0 Å². The summed E-state index contributed by atoms with van der Waals surface area (Å²) in [5.41, 5.74) is 0. The van der Waals surface area contributed by atoms with Crippen LogP contribution >= 0.6 is 11.8 Å². The van der Waals surface area contributed by atoms with Gasteiger partial charge in [0, 0.05) is 21.3 Å². The van der Waals surface area contributed by atoms with Crippen LogP contribution in [0.1, 0.15) is 0 Å². The first kappa shape index (κ1) is 10.5. The molecule has 0 atom stereocenters. The van der Waals surface area contributed by atoms with E-state index in [-0.39, 0.29) is 6.29 Å². The molecule has 0 saturated heterocycles. The normalized spacial score (nSPS) is 11.1. The van der Waals surface area contributed by atoms with Crippen molar-refractivity contribution in [2.24, 2.45) is 7.05 Å². The maximum Gasteiger partial charge on any atom is 0.185 e. The number of aryl methyl sites for hydroxylation is 1. The van der Waals surface area contributed by atoms with E-state index >= 15 is 0 Å². The van der Waals surface area contributed by atoms with Crippen molar-refractivity contribution in [3.8, 4) is 0 Å². The lowest BCUT2D eigenvalue weighted by Gasteiger charge is -2.11. The lowest BCUT2D eigenvalue weighted by molar-refractivity contribution is -0.0842. The topological polar surface area (TPSA) is 49.2 Å². The van der Waals surface area contributed by atoms with Crippen molar-refractivity contribution in [2.75, 3.05) is 20.0 Å². The fourth-order valence-electron chi connectivity index (χ4n) is 0.791. The Kier molecular flexibility index (Phi) is 4.20. The van der Waals surface area contributed by atoms with E-state index in [0.29, 0.717) is 5.75 Å². The number of thioether (sulfide) groups is 1. The third-order valence-electron chi connectivity index (χ3n) is 1.54. The summed E-state index contributed by atoms with van der Waals surface area (Å²) in [6.45, 7) is 0. The molecule has 0 saturated carbocycles. The van der Waals surface area contributed by atoms with E-state index < -0.39 is 0 Å². The number of rotatable bonds is 5. The predicted octanol–water partition coefficient (Wildman–Crippen LogP) is 0.526. The summed E-state index contributed by atoms with van der Waals surface area (Å²) in [4.78, 5) is 4.06. The second kappa shape index (κ2) is 5.21. The van der Waals surface area contributed by atoms with Gasteiger partial charge in [0.2, 0.25) is 0 Å². The van der Waals surface area contributed by atoms with Crippen molar-refractivity contribution < 1.29 is 9.47 Å². The average molecular weight is 203 g/mol. The zero-order chi connectivity index (χ0) is 9.68. The summed E-state index contributed by atoms with van der Waals surface area (Å²) >= 11 is 1.55. The molecule has 0 fully saturated rings. The van der Waals surface area contributed by atoms with Crippen LogP contribution in [0.5, 0.6) is 0 Å². The van der Waals surface area contributed by atoms with Crippen LogP contribution in [0.15, 0.2) is 11.5 Å². The van der Waals surface area contributed by atoms with Crippen molar-refractivity contribution in [1.29, 1.82) is 0 Å². The largest absolute Gasteiger partial charge is 0.355 e. The van der Waals surface area contributed by atoms with Gasteiger partial charge in [0.1, 0.15) is 6.33 Å². The number of methoxy groups -OCH3 is 2. The van der Waals surface area contributed by atoms with Gasteiger partial charge in [0.15, 0.2) is 11.4 Å². The summed E-state index contributed by atoms with van der Waals surface area (Å²) in [7, 11) is 5.08. The van der Waals surface area contributed by atoms with E-state index in [2.05, 4.69) is 10.1 Å². The summed E-state index contributed by atoms with van der Waals surface area (Å²) in [5.74, 6) is 0.708. The van der Waals surface area contributed by atoms with Crippen LogP contribution in [0.25, 0.3) is 0 Å². The first-order chi connectivity index (χ1) is 6.27. The van der Waals surface area contributed by atoms with Crippen LogP contribution in [0.2, 0.25) is 0 Å². The summed E-state index contributed by atoms with van der Waals surface area (Å²) in [6, 6.07) is 0. The Balaban J connectivity index is 2.38. The molecule has 13 heavy (non-hydrogen) atoms. The van der Waals surface area contributed by atoms with E-state index in [1.165, 1.54) is 6.33 Å². The van der Waals surface area contributed by atoms with Gasteiger partial charge in [-0.15, -0.1) is 0 Å². The minimum absolute atomic E-state index is 0.193. The van der Waals surface area contributed by atoms with Gasteiger partial charge >= 0.3 is 0 Å². The van der Waals surface area contributed by atoms with E-state index in [1.807, 2.05) is 7.05 Å². The Morgan fingerprint density at radius 1 is 1.54 bits per heavy atom. The van der Waals surface area contributed by atoms with Crippen molar-refractivity contribution in [2.45, 2.75) is 11.4 Å². The molecule has 0 bridgehead atoms. The van der Waals surface area contributed by atoms with Gasteiger partial charge in [0.05, 0.1) is 5.75 Å². The Morgan fingerprint density at radius 2 is 2.23 bits per heavy atom. The van der Waals surface area contributed by atoms with Gasteiger partial charge in [-0.2, -0.15) is 5.10 Å². The van der Waals surface area contributed by atoms with Gasteiger partial charge in [-0.3, -0.25) is 0 Å². The molecule has 1 aromatic rings. The predicted molar refractivity (Wildman–Crippen MR) is 49.5 cm³/mol. The molecule has 5 nitrogen and oxygen atoms in total. The average Bonchev–Trinajstić information content (AvgIpc) is 2.54. The third kappa shape index (κ3) is 2.98. The highest BCUT2D eigenvalue weighted by Gasteiger charge is 2.08. The van der Waals surface area contributed by atoms with Crippen LogP contribution in [0.3, 0.4) is 0 Å². The molecule has 0 N–H and O–H groups in total. The van der Waals surface area contributed by atoms with Gasteiger partial charge in [-0.1, -0.05) is 11.8 Å². The molecule has 0 spiro atoms. The van der Waals surface area contributed by atoms with E-state index in [4.69, 9.17) is 9.47 Å². The second-order valence-corrected chi connectivity index (χ2v) is 3.37. The third-order valence-corrected chi connectivity index (χ3v) is 2.61. The highest BCUT2D eigenvalue weighted by atomic mass is 32.2. The van der Waals surface area contributed by atoms with Crippen molar-refractivity contribution >= 4 is 11.8 Å². The molecule has 74 valence electrons. The standard InChI is InChI=1S/C7H13N3O2S/c1-10-7(8-5-9-10)13-4-6(11-2)12-3/h5-6H,4H2,1-3H3. The minimum Gasteiger partial charge on any atom is -0.355 e. The summed E-state index contributed by atoms with van der Waals surface area (Å²) < 4.78 is 11.8. The molecule has 0 aromatic carbocycles. The van der Waals surface area contributed by atoms with Crippen LogP contribution in [0.4, 0.5) is 0 Å². The molecule has 1 aromatic heterocycles. The first-order valence-corrected chi connectivity index (χ1v) is 4.79. The van der Waals surface area contributed by atoms with Crippen LogP contribution in [-0.2, 0) is 16.5 Å². The van der Waals surface area contributed by atoms with E-state index in [0.717, 1.165) is 5.16 Å². The maximum atomic E-state index is 5.04. The van der Waals surface area contributed by atoms with Gasteiger partial charge in [-0.25, -0.2) is 9.67 Å². The zero-order valence-electron chi connectivity index (χ0n) is 7.93. The van der Waals surface area contributed by atoms with Crippen molar-refractivity contribution in [1.82, 2.24) is 14.8 Å². The maximum absolute atomic E-state index is 5.04. The molecule has 0 aliphatic carbocycles. The number of aromatic nitrogens is 3. The van der Waals surface area contributed by atoms with E-state index in [9.17, 15) is 0 Å². The highest BCUT2D eigenvalue weighted by Crippen LogP contribution is 2.15. The molecule has 0 radical (unpaired) electrons. The Bertz CT molecular complexity index is 250. The molecule has 0 aliphatic heterocycles. The van der Waals surface area contributed by atoms with Gasteiger partial charge in [-0.05, 0) is 0 Å². The molecular formula is C7H13N3O2S. The molecule has 1 heterocycles. The van der Waals surface area contributed by atoms with E-state index in [1.54, 1.807) is 30.7 Å². The molecule has 0 unspecified atom stereocenters. The molecule has 6 heteroatoms. The first-order valence-electron chi connectivity index (χ1n) is 3.80. The Morgan fingerprint density at radius 3 is 2.69 bits per heavy atom. The summed E-state index contributed by atoms with van der Waals surface area (Å²) in [6.07, 6.45) is 1.33. The number of hydrogen-bond donors (Lipinski definition) is 0. The molecule has 0 aliphatic rings. The Hall–Kier alpha value is -0.590. The smallest absolute Gasteiger partial charge is 0.185 e. The van der Waals surface area contributed by atoms with Gasteiger partial charge in [0.25, 0.3) is 0 Å². The minimum atomic E-state index is -0.193. The monoisotopic (exact) mass is 203 g/mol. The highest BCUT2D eigenvalue weighted by molar-refractivity contribution is 7.99. The molecule has 0 amide bonds. The van der Waals surface area contributed by atoms with Crippen molar-refractivity contribution in [3.05, 3.63) is 6.33 Å². The SMILES string of the molecule is COC(CSc1ncnn1C)OC. The number of ether oxygens (including phenoxy) is 2. The number of hydrogen-bond acceptors (Lipinski definition) is 5. The van der Waals surface area contributed by atoms with Crippen LogP contribution in [0, 0.1) is 0 Å². The lowest BCUT2D eigenvalue weighted by Crippen LogP contribution is -2.16. The fourth-order valence-corrected chi connectivity index (χ4v) is 1.70. The molecule has 1 rings (SSSR count). The van der Waals surface area contributed by atoms with Gasteiger partial charge < -0.3 is 9.47 Å². The molecular weight excluding hydrogens is 190 g/mol.